The first-order chi connectivity index (χ1) is 19.5. The van der Waals surface area contributed by atoms with Gasteiger partial charge in [-0.05, 0) is 60.7 Å². The molecule has 0 bridgehead atoms. The van der Waals surface area contributed by atoms with Crippen molar-refractivity contribution >= 4 is 22.4 Å². The van der Waals surface area contributed by atoms with Gasteiger partial charge in [-0.2, -0.15) is 13.2 Å². The zero-order valence-corrected chi connectivity index (χ0v) is 21.6. The standard InChI is InChI=1S/C30H27F3N6O/c31-30(32,33)21-7-9-23(10-8-21)39-28-6-2-1-5-24(28)37-27-18-26(36-22-4-3-11-34-20-22)25(19-29(27)39)35-12-13-38-14-16-40-17-15-38/h1-11,18-20,36H,12-17H2/b35-25+. The van der Waals surface area contributed by atoms with E-state index in [0.29, 0.717) is 17.9 Å². The molecule has 1 aliphatic carbocycles. The van der Waals surface area contributed by atoms with Crippen LogP contribution in [0.3, 0.4) is 0 Å². The van der Waals surface area contributed by atoms with Gasteiger partial charge in [0.15, 0.2) is 0 Å². The number of halogens is 3. The number of pyridine rings is 1. The third-order valence-electron chi connectivity index (χ3n) is 6.89. The summed E-state index contributed by atoms with van der Waals surface area (Å²) < 4.78 is 47.3. The summed E-state index contributed by atoms with van der Waals surface area (Å²) in [5.74, 6) is 0. The van der Waals surface area contributed by atoms with Crippen molar-refractivity contribution in [2.45, 2.75) is 6.18 Å². The minimum atomic E-state index is -4.41. The predicted molar refractivity (Wildman–Crippen MR) is 148 cm³/mol. The Kier molecular flexibility index (Phi) is 7.19. The number of ether oxygens (including phenoxy) is 1. The van der Waals surface area contributed by atoms with Crippen molar-refractivity contribution in [3.63, 3.8) is 0 Å². The molecule has 6 rings (SSSR count). The van der Waals surface area contributed by atoms with Crippen LogP contribution >= 0.6 is 0 Å². The van der Waals surface area contributed by atoms with Crippen LogP contribution in [0.15, 0.2) is 90.2 Å². The molecule has 3 aliphatic rings. The monoisotopic (exact) mass is 544 g/mol. The molecule has 2 aliphatic heterocycles. The number of nitrogens with one attached hydrogen (secondary N) is 1. The molecule has 3 aromatic rings. The summed E-state index contributed by atoms with van der Waals surface area (Å²) in [4.78, 5) is 16.4. The van der Waals surface area contributed by atoms with Crippen LogP contribution in [-0.2, 0) is 10.9 Å². The lowest BCUT2D eigenvalue weighted by Crippen LogP contribution is -2.38. The van der Waals surface area contributed by atoms with E-state index in [1.165, 1.54) is 12.1 Å². The first-order valence-corrected chi connectivity index (χ1v) is 13.1. The van der Waals surface area contributed by atoms with Crippen molar-refractivity contribution in [3.05, 3.63) is 96.1 Å². The fourth-order valence-electron chi connectivity index (χ4n) is 4.88. The van der Waals surface area contributed by atoms with E-state index in [2.05, 4.69) is 15.2 Å². The van der Waals surface area contributed by atoms with Gasteiger partial charge in [-0.25, -0.2) is 4.98 Å². The van der Waals surface area contributed by atoms with Crippen molar-refractivity contribution < 1.29 is 17.9 Å². The topological polar surface area (TPSA) is 67.6 Å². The van der Waals surface area contributed by atoms with Gasteiger partial charge in [-0.15, -0.1) is 0 Å². The number of anilines is 2. The largest absolute Gasteiger partial charge is 0.416 e. The lowest BCUT2D eigenvalue weighted by Gasteiger charge is -2.25. The molecule has 10 heteroatoms. The highest BCUT2D eigenvalue weighted by atomic mass is 19.4. The fourth-order valence-corrected chi connectivity index (χ4v) is 4.88. The quantitative estimate of drug-likeness (QED) is 0.285. The van der Waals surface area contributed by atoms with Gasteiger partial charge in [0.25, 0.3) is 0 Å². The second-order valence-electron chi connectivity index (χ2n) is 9.54. The Bertz CT molecular complexity index is 1650. The molecule has 7 nitrogen and oxygen atoms in total. The van der Waals surface area contributed by atoms with Gasteiger partial charge >= 0.3 is 6.18 Å². The molecule has 0 spiro atoms. The van der Waals surface area contributed by atoms with E-state index in [4.69, 9.17) is 14.7 Å². The molecule has 0 radical (unpaired) electrons. The fraction of sp³-hybridized carbons (Fsp3) is 0.233. The highest BCUT2D eigenvalue weighted by molar-refractivity contribution is 5.84. The maximum Gasteiger partial charge on any atom is 0.416 e. The molecule has 1 aromatic heterocycles. The molecule has 0 amide bonds. The molecule has 0 unspecified atom stereocenters. The Morgan fingerprint density at radius 2 is 1.75 bits per heavy atom. The van der Waals surface area contributed by atoms with Crippen molar-refractivity contribution in [1.82, 2.24) is 19.4 Å². The number of para-hydroxylation sites is 2. The van der Waals surface area contributed by atoms with E-state index in [1.807, 2.05) is 53.1 Å². The van der Waals surface area contributed by atoms with Crippen molar-refractivity contribution in [3.8, 4) is 17.1 Å². The van der Waals surface area contributed by atoms with E-state index >= 15 is 0 Å². The van der Waals surface area contributed by atoms with Crippen LogP contribution in [0.2, 0.25) is 0 Å². The average molecular weight is 545 g/mol. The van der Waals surface area contributed by atoms with Crippen LogP contribution in [0.5, 0.6) is 0 Å². The normalized spacial score (nSPS) is 15.1. The van der Waals surface area contributed by atoms with Gasteiger partial charge < -0.3 is 14.6 Å². The molecule has 1 fully saturated rings. The molecule has 1 N–H and O–H groups in total. The van der Waals surface area contributed by atoms with Gasteiger partial charge in [0.05, 0.1) is 70.7 Å². The van der Waals surface area contributed by atoms with Crippen LogP contribution in [0, 0.1) is 0 Å². The summed E-state index contributed by atoms with van der Waals surface area (Å²) in [5, 5.41) is 4.14. The van der Waals surface area contributed by atoms with Crippen molar-refractivity contribution in [2.75, 3.05) is 44.7 Å². The summed E-state index contributed by atoms with van der Waals surface area (Å²) in [5.41, 5.74) is 4.40. The highest BCUT2D eigenvalue weighted by Gasteiger charge is 2.30. The van der Waals surface area contributed by atoms with Crippen LogP contribution in [0.1, 0.15) is 5.56 Å². The lowest BCUT2D eigenvalue weighted by molar-refractivity contribution is -0.137. The van der Waals surface area contributed by atoms with Gasteiger partial charge in [-0.3, -0.25) is 14.9 Å². The number of nitrogens with zero attached hydrogens (tertiary/aromatic N) is 5. The van der Waals surface area contributed by atoms with Gasteiger partial charge in [-0.1, -0.05) is 12.1 Å². The minimum absolute atomic E-state index is 0.578. The van der Waals surface area contributed by atoms with E-state index in [-0.39, 0.29) is 0 Å². The Hall–Kier alpha value is -4.28. The molecule has 0 atom stereocenters. The first kappa shape index (κ1) is 26.0. The van der Waals surface area contributed by atoms with Crippen LogP contribution in [-0.4, -0.2) is 58.8 Å². The maximum atomic E-state index is 13.3. The Morgan fingerprint density at radius 3 is 2.50 bits per heavy atom. The summed E-state index contributed by atoms with van der Waals surface area (Å²) in [6.07, 6.45) is -0.969. The number of hydrogen-bond acceptors (Lipinski definition) is 6. The third kappa shape index (κ3) is 5.54. The smallest absolute Gasteiger partial charge is 0.379 e. The lowest BCUT2D eigenvalue weighted by atomic mass is 10.1. The second kappa shape index (κ2) is 11.1. The van der Waals surface area contributed by atoms with Crippen molar-refractivity contribution in [2.24, 2.45) is 4.99 Å². The Balaban J connectivity index is 1.51. The third-order valence-corrected chi connectivity index (χ3v) is 6.89. The number of fused-ring (bicyclic) bond motifs is 2. The molecule has 40 heavy (non-hydrogen) atoms. The Morgan fingerprint density at radius 1 is 0.950 bits per heavy atom. The summed E-state index contributed by atoms with van der Waals surface area (Å²) >= 11 is 0. The summed E-state index contributed by atoms with van der Waals surface area (Å²) in [6, 6.07) is 20.4. The van der Waals surface area contributed by atoms with Crippen LogP contribution in [0.4, 0.5) is 24.5 Å². The molecule has 3 heterocycles. The van der Waals surface area contributed by atoms with Gasteiger partial charge in [0.2, 0.25) is 0 Å². The summed E-state index contributed by atoms with van der Waals surface area (Å²) in [6.45, 7) is 4.55. The maximum absolute atomic E-state index is 13.3. The second-order valence-corrected chi connectivity index (χ2v) is 9.54. The molecular weight excluding hydrogens is 517 g/mol. The van der Waals surface area contributed by atoms with E-state index in [9.17, 15) is 13.2 Å². The van der Waals surface area contributed by atoms with Crippen LogP contribution < -0.4 is 10.7 Å². The van der Waals surface area contributed by atoms with E-state index < -0.39 is 11.7 Å². The highest BCUT2D eigenvalue weighted by Crippen LogP contribution is 2.33. The molecule has 2 aromatic carbocycles. The van der Waals surface area contributed by atoms with Gasteiger partial charge in [0.1, 0.15) is 0 Å². The number of benzene rings is 3. The van der Waals surface area contributed by atoms with E-state index in [1.54, 1.807) is 12.4 Å². The molecule has 0 saturated carbocycles. The zero-order valence-electron chi connectivity index (χ0n) is 21.6. The van der Waals surface area contributed by atoms with Crippen molar-refractivity contribution in [1.29, 1.82) is 0 Å². The minimum Gasteiger partial charge on any atom is -0.379 e. The number of aromatic nitrogens is 3. The average Bonchev–Trinajstić information content (AvgIpc) is 2.97. The number of alkyl halides is 3. The zero-order chi connectivity index (χ0) is 27.5. The number of rotatable bonds is 6. The molecule has 1 saturated heterocycles. The molecule has 204 valence electrons. The van der Waals surface area contributed by atoms with E-state index in [0.717, 1.165) is 78.4 Å². The number of morpholine rings is 1. The van der Waals surface area contributed by atoms with Gasteiger partial charge in [0, 0.05) is 31.5 Å². The Labute approximate surface area is 228 Å². The molecular formula is C30H27F3N6O. The summed E-state index contributed by atoms with van der Waals surface area (Å²) in [7, 11) is 0. The van der Waals surface area contributed by atoms with Crippen LogP contribution in [0.25, 0.3) is 28.1 Å². The first-order valence-electron chi connectivity index (χ1n) is 13.1. The number of hydrogen-bond donors (Lipinski definition) is 1. The predicted octanol–water partition coefficient (Wildman–Crippen LogP) is 5.52. The SMILES string of the molecule is FC(F)(F)c1ccc(-n2c3c/c(=N\CCN4CCOCC4)c(Nc4cccnc4)cc-3nc3ccccc32)cc1.